The van der Waals surface area contributed by atoms with Crippen LogP contribution in [0.25, 0.3) is 10.2 Å². The topological polar surface area (TPSA) is 58.0 Å². The van der Waals surface area contributed by atoms with Crippen molar-refractivity contribution in [1.29, 1.82) is 0 Å². The minimum Gasteiger partial charge on any atom is -0.396 e. The Labute approximate surface area is 115 Å². The summed E-state index contributed by atoms with van der Waals surface area (Å²) in [4.78, 5) is 10.6. The number of aliphatic hydroxyl groups is 1. The van der Waals surface area contributed by atoms with Crippen molar-refractivity contribution in [2.45, 2.75) is 20.3 Å². The maximum absolute atomic E-state index is 9.03. The molecule has 4 nitrogen and oxygen atoms in total. The molecule has 0 aromatic carbocycles. The van der Waals surface area contributed by atoms with Crippen LogP contribution in [0.4, 0.5) is 5.82 Å². The molecule has 98 valence electrons. The number of fused-ring (bicyclic) bond motifs is 1. The Kier molecular flexibility index (Phi) is 4.37. The molecule has 0 radical (unpaired) electrons. The number of nitrogens with zero attached hydrogens (tertiary/aromatic N) is 2. The molecule has 2 aromatic heterocycles. The van der Waals surface area contributed by atoms with Gasteiger partial charge in [0.1, 0.15) is 10.6 Å². The third-order valence-corrected chi connectivity index (χ3v) is 4.04. The average Bonchev–Trinajstić information content (AvgIpc) is 2.78. The van der Waals surface area contributed by atoms with Crippen molar-refractivity contribution in [2.75, 3.05) is 18.5 Å². The predicted octanol–water partition coefficient (Wildman–Crippen LogP) is 2.95. The SMILES string of the molecule is CCc1cc2c(NCC(C)CO)nc(Cl)nc2s1. The van der Waals surface area contributed by atoms with Crippen LogP contribution < -0.4 is 5.32 Å². The first-order valence-electron chi connectivity index (χ1n) is 5.94. The van der Waals surface area contributed by atoms with E-state index in [1.165, 1.54) is 4.88 Å². The summed E-state index contributed by atoms with van der Waals surface area (Å²) in [5.41, 5.74) is 0. The predicted molar refractivity (Wildman–Crippen MR) is 76.5 cm³/mol. The molecule has 2 aromatic rings. The Morgan fingerprint density at radius 3 is 2.94 bits per heavy atom. The molecule has 0 aliphatic rings. The molecule has 18 heavy (non-hydrogen) atoms. The first-order chi connectivity index (χ1) is 8.63. The molecule has 0 spiro atoms. The van der Waals surface area contributed by atoms with Gasteiger partial charge >= 0.3 is 0 Å². The summed E-state index contributed by atoms with van der Waals surface area (Å²) in [6.45, 7) is 4.90. The van der Waals surface area contributed by atoms with Gasteiger partial charge in [0, 0.05) is 18.0 Å². The molecule has 0 amide bonds. The third-order valence-electron chi connectivity index (χ3n) is 2.69. The minimum absolute atomic E-state index is 0.152. The number of halogens is 1. The largest absolute Gasteiger partial charge is 0.396 e. The van der Waals surface area contributed by atoms with Crippen molar-refractivity contribution in [3.8, 4) is 0 Å². The van der Waals surface area contributed by atoms with Crippen molar-refractivity contribution in [3.05, 3.63) is 16.2 Å². The van der Waals surface area contributed by atoms with Crippen LogP contribution in [0.2, 0.25) is 5.28 Å². The summed E-state index contributed by atoms with van der Waals surface area (Å²) in [5.74, 6) is 0.930. The van der Waals surface area contributed by atoms with Crippen molar-refractivity contribution in [2.24, 2.45) is 5.92 Å². The Bertz CT molecular complexity index is 543. The number of thiophene rings is 1. The summed E-state index contributed by atoms with van der Waals surface area (Å²) < 4.78 is 0. The Hall–Kier alpha value is -0.910. The van der Waals surface area contributed by atoms with Crippen LogP contribution in [0, 0.1) is 5.92 Å². The number of aromatic nitrogens is 2. The number of nitrogens with one attached hydrogen (secondary N) is 1. The van der Waals surface area contributed by atoms with Crippen molar-refractivity contribution >= 4 is 39.0 Å². The van der Waals surface area contributed by atoms with E-state index < -0.39 is 0 Å². The monoisotopic (exact) mass is 285 g/mol. The van der Waals surface area contributed by atoms with E-state index in [-0.39, 0.29) is 17.8 Å². The lowest BCUT2D eigenvalue weighted by Crippen LogP contribution is -2.15. The smallest absolute Gasteiger partial charge is 0.225 e. The number of aliphatic hydroxyl groups excluding tert-OH is 1. The first-order valence-corrected chi connectivity index (χ1v) is 7.14. The highest BCUT2D eigenvalue weighted by molar-refractivity contribution is 7.18. The fourth-order valence-corrected chi connectivity index (χ4v) is 2.78. The Morgan fingerprint density at radius 2 is 2.28 bits per heavy atom. The zero-order valence-corrected chi connectivity index (χ0v) is 12.0. The van der Waals surface area contributed by atoms with Crippen LogP contribution in [0.5, 0.6) is 0 Å². The lowest BCUT2D eigenvalue weighted by atomic mass is 10.2. The first kappa shape index (κ1) is 13.5. The van der Waals surface area contributed by atoms with E-state index in [2.05, 4.69) is 28.3 Å². The quantitative estimate of drug-likeness (QED) is 0.829. The van der Waals surface area contributed by atoms with E-state index >= 15 is 0 Å². The molecular formula is C12H16ClN3OS. The minimum atomic E-state index is 0.152. The van der Waals surface area contributed by atoms with E-state index in [0.717, 1.165) is 22.5 Å². The van der Waals surface area contributed by atoms with Gasteiger partial charge in [-0.2, -0.15) is 0 Å². The molecule has 2 heterocycles. The molecule has 2 N–H and O–H groups in total. The zero-order valence-electron chi connectivity index (χ0n) is 10.4. The van der Waals surface area contributed by atoms with Gasteiger partial charge in [0.25, 0.3) is 0 Å². The molecule has 0 bridgehead atoms. The van der Waals surface area contributed by atoms with Crippen molar-refractivity contribution in [3.63, 3.8) is 0 Å². The van der Waals surface area contributed by atoms with Gasteiger partial charge in [-0.3, -0.25) is 0 Å². The van der Waals surface area contributed by atoms with Gasteiger partial charge in [0.2, 0.25) is 5.28 Å². The standard InChI is InChI=1S/C12H16ClN3OS/c1-3-8-4-9-10(14-5-7(2)6-17)15-12(13)16-11(9)18-8/h4,7,17H,3,5-6H2,1-2H3,(H,14,15,16). The number of hydrogen-bond donors (Lipinski definition) is 2. The normalized spacial score (nSPS) is 12.9. The highest BCUT2D eigenvalue weighted by atomic mass is 35.5. The molecule has 0 aliphatic heterocycles. The number of anilines is 1. The van der Waals surface area contributed by atoms with Gasteiger partial charge in [-0.25, -0.2) is 9.97 Å². The highest BCUT2D eigenvalue weighted by Gasteiger charge is 2.11. The second-order valence-corrected chi connectivity index (χ2v) is 5.75. The van der Waals surface area contributed by atoms with Crippen LogP contribution in [-0.4, -0.2) is 28.2 Å². The summed E-state index contributed by atoms with van der Waals surface area (Å²) >= 11 is 7.56. The van der Waals surface area contributed by atoms with Crippen molar-refractivity contribution in [1.82, 2.24) is 9.97 Å². The number of rotatable bonds is 5. The summed E-state index contributed by atoms with van der Waals surface area (Å²) in [7, 11) is 0. The maximum atomic E-state index is 9.03. The van der Waals surface area contributed by atoms with Gasteiger partial charge in [0.15, 0.2) is 0 Å². The fourth-order valence-electron chi connectivity index (χ4n) is 1.59. The van der Waals surface area contributed by atoms with E-state index in [9.17, 15) is 0 Å². The van der Waals surface area contributed by atoms with E-state index in [1.807, 2.05) is 6.92 Å². The lowest BCUT2D eigenvalue weighted by molar-refractivity contribution is 0.244. The van der Waals surface area contributed by atoms with Crippen LogP contribution in [-0.2, 0) is 6.42 Å². The molecular weight excluding hydrogens is 270 g/mol. The summed E-state index contributed by atoms with van der Waals surface area (Å²) in [6, 6.07) is 2.10. The summed E-state index contributed by atoms with van der Waals surface area (Å²) in [6.07, 6.45) is 0.977. The molecule has 0 fully saturated rings. The van der Waals surface area contributed by atoms with Gasteiger partial charge in [-0.1, -0.05) is 13.8 Å². The molecule has 0 saturated carbocycles. The maximum Gasteiger partial charge on any atom is 0.225 e. The van der Waals surface area contributed by atoms with Crippen LogP contribution >= 0.6 is 22.9 Å². The average molecular weight is 286 g/mol. The number of hydrogen-bond acceptors (Lipinski definition) is 5. The second kappa shape index (κ2) is 5.82. The fraction of sp³-hybridized carbons (Fsp3) is 0.500. The summed E-state index contributed by atoms with van der Waals surface area (Å²) in [5, 5.41) is 13.5. The Balaban J connectivity index is 2.32. The molecule has 2 rings (SSSR count). The lowest BCUT2D eigenvalue weighted by Gasteiger charge is -2.10. The van der Waals surface area contributed by atoms with Gasteiger partial charge in [0.05, 0.1) is 5.39 Å². The molecule has 1 atom stereocenters. The molecule has 1 unspecified atom stereocenters. The van der Waals surface area contributed by atoms with E-state index in [1.54, 1.807) is 11.3 Å². The number of aryl methyl sites for hydroxylation is 1. The zero-order chi connectivity index (χ0) is 13.1. The molecule has 6 heteroatoms. The Morgan fingerprint density at radius 1 is 1.50 bits per heavy atom. The van der Waals surface area contributed by atoms with Crippen molar-refractivity contribution < 1.29 is 5.11 Å². The second-order valence-electron chi connectivity index (χ2n) is 4.29. The van der Waals surface area contributed by atoms with Crippen LogP contribution in [0.3, 0.4) is 0 Å². The molecule has 0 saturated heterocycles. The molecule has 0 aliphatic carbocycles. The van der Waals surface area contributed by atoms with Crippen LogP contribution in [0.1, 0.15) is 18.7 Å². The van der Waals surface area contributed by atoms with Crippen LogP contribution in [0.15, 0.2) is 6.07 Å². The van der Waals surface area contributed by atoms with E-state index in [4.69, 9.17) is 16.7 Å². The van der Waals surface area contributed by atoms with Gasteiger partial charge < -0.3 is 10.4 Å². The van der Waals surface area contributed by atoms with E-state index in [0.29, 0.717) is 6.54 Å². The highest BCUT2D eigenvalue weighted by Crippen LogP contribution is 2.30. The van der Waals surface area contributed by atoms with Gasteiger partial charge in [-0.05, 0) is 30.0 Å². The third kappa shape index (κ3) is 2.91. The van der Waals surface area contributed by atoms with Gasteiger partial charge in [-0.15, -0.1) is 11.3 Å².